The van der Waals surface area contributed by atoms with Crippen molar-refractivity contribution in [1.29, 1.82) is 0 Å². The molecule has 2 rings (SSSR count). The number of rotatable bonds is 1. The van der Waals surface area contributed by atoms with Gasteiger partial charge in [-0.15, -0.1) is 0 Å². The summed E-state index contributed by atoms with van der Waals surface area (Å²) in [5, 5.41) is 0. The van der Waals surface area contributed by atoms with Crippen LogP contribution in [0.5, 0.6) is 5.75 Å². The van der Waals surface area contributed by atoms with Gasteiger partial charge in [0.1, 0.15) is 12.4 Å². The van der Waals surface area contributed by atoms with Gasteiger partial charge >= 0.3 is 0 Å². The fourth-order valence-corrected chi connectivity index (χ4v) is 2.07. The molecule has 17 heavy (non-hydrogen) atoms. The fourth-order valence-electron chi connectivity index (χ4n) is 2.07. The first-order chi connectivity index (χ1) is 8.19. The van der Waals surface area contributed by atoms with E-state index in [0.29, 0.717) is 6.61 Å². The van der Waals surface area contributed by atoms with Gasteiger partial charge in [-0.05, 0) is 30.5 Å². The molecule has 0 saturated carbocycles. The molecule has 0 atom stereocenters. The Kier molecular flexibility index (Phi) is 3.05. The maximum atomic E-state index is 5.82. The first-order valence-electron chi connectivity index (χ1n) is 5.66. The van der Waals surface area contributed by atoms with Gasteiger partial charge in [0, 0.05) is 17.3 Å². The Balaban J connectivity index is 2.62. The summed E-state index contributed by atoms with van der Waals surface area (Å²) in [6.45, 7) is 8.42. The molecule has 0 amide bonds. The molecular formula is C15H17NO. The van der Waals surface area contributed by atoms with Gasteiger partial charge in [-0.3, -0.25) is 0 Å². The van der Waals surface area contributed by atoms with E-state index >= 15 is 0 Å². The smallest absolute Gasteiger partial charge is 0.130 e. The third-order valence-corrected chi connectivity index (χ3v) is 3.17. The van der Waals surface area contributed by atoms with Crippen molar-refractivity contribution < 1.29 is 4.74 Å². The number of allylic oxidation sites excluding steroid dienone is 2. The lowest BCUT2D eigenvalue weighted by atomic mass is 9.92. The van der Waals surface area contributed by atoms with Gasteiger partial charge in [0.25, 0.3) is 0 Å². The number of hydrogen-bond acceptors (Lipinski definition) is 2. The van der Waals surface area contributed by atoms with E-state index < -0.39 is 0 Å². The topological polar surface area (TPSA) is 35.2 Å². The molecule has 0 fully saturated rings. The Morgan fingerprint density at radius 3 is 2.76 bits per heavy atom. The van der Waals surface area contributed by atoms with Crippen molar-refractivity contribution in [3.63, 3.8) is 0 Å². The summed E-state index contributed by atoms with van der Waals surface area (Å²) in [6, 6.07) is 4.16. The molecule has 1 aliphatic rings. The highest BCUT2D eigenvalue weighted by molar-refractivity contribution is 5.85. The van der Waals surface area contributed by atoms with Crippen LogP contribution in [-0.2, 0) is 0 Å². The number of nitrogens with two attached hydrogens (primary N) is 1. The van der Waals surface area contributed by atoms with Gasteiger partial charge in [-0.2, -0.15) is 0 Å². The van der Waals surface area contributed by atoms with E-state index in [1.165, 1.54) is 11.1 Å². The predicted molar refractivity (Wildman–Crippen MR) is 71.9 cm³/mol. The molecule has 0 bridgehead atoms. The Hall–Kier alpha value is -1.96. The zero-order valence-electron chi connectivity index (χ0n) is 10.3. The van der Waals surface area contributed by atoms with Crippen molar-refractivity contribution >= 4 is 5.57 Å². The van der Waals surface area contributed by atoms with Gasteiger partial charge in [0.05, 0.1) is 0 Å². The summed E-state index contributed by atoms with van der Waals surface area (Å²) in [4.78, 5) is 0. The first kappa shape index (κ1) is 11.5. The maximum Gasteiger partial charge on any atom is 0.130 e. The van der Waals surface area contributed by atoms with E-state index in [9.17, 15) is 0 Å². The van der Waals surface area contributed by atoms with Crippen LogP contribution in [0.2, 0.25) is 0 Å². The summed E-state index contributed by atoms with van der Waals surface area (Å²) in [6.07, 6.45) is 5.34. The Labute approximate surface area is 102 Å². The lowest BCUT2D eigenvalue weighted by Crippen LogP contribution is -2.13. The molecule has 1 aromatic carbocycles. The highest BCUT2D eigenvalue weighted by Gasteiger charge is 2.21. The summed E-state index contributed by atoms with van der Waals surface area (Å²) in [7, 11) is 0. The third kappa shape index (κ3) is 1.86. The molecule has 0 radical (unpaired) electrons. The van der Waals surface area contributed by atoms with E-state index in [-0.39, 0.29) is 0 Å². The van der Waals surface area contributed by atoms with Crippen LogP contribution in [0.1, 0.15) is 16.7 Å². The second kappa shape index (κ2) is 4.50. The average molecular weight is 227 g/mol. The molecule has 2 N–H and O–H groups in total. The fraction of sp³-hybridized carbons (Fsp3) is 0.200. The second-order valence-corrected chi connectivity index (χ2v) is 4.18. The first-order valence-corrected chi connectivity index (χ1v) is 5.66. The van der Waals surface area contributed by atoms with Crippen molar-refractivity contribution in [2.45, 2.75) is 13.8 Å². The van der Waals surface area contributed by atoms with Crippen LogP contribution in [0, 0.1) is 13.8 Å². The molecule has 0 aliphatic carbocycles. The SMILES string of the molecule is C=C/C=C1/COc2c(ccc(C)c2C)/C1=C/N. The summed E-state index contributed by atoms with van der Waals surface area (Å²) in [5.41, 5.74) is 11.3. The molecule has 1 aromatic rings. The number of fused-ring (bicyclic) bond motifs is 1. The van der Waals surface area contributed by atoms with Crippen LogP contribution in [-0.4, -0.2) is 6.61 Å². The number of ether oxygens (including phenoxy) is 1. The van der Waals surface area contributed by atoms with Crippen LogP contribution < -0.4 is 10.5 Å². The summed E-state index contributed by atoms with van der Waals surface area (Å²) in [5.74, 6) is 0.947. The van der Waals surface area contributed by atoms with Gasteiger partial charge in [-0.1, -0.05) is 30.9 Å². The van der Waals surface area contributed by atoms with Gasteiger partial charge in [0.2, 0.25) is 0 Å². The molecule has 0 unspecified atom stereocenters. The van der Waals surface area contributed by atoms with Crippen LogP contribution in [0.4, 0.5) is 0 Å². The van der Waals surface area contributed by atoms with Crippen molar-refractivity contribution in [2.24, 2.45) is 5.73 Å². The van der Waals surface area contributed by atoms with Gasteiger partial charge in [-0.25, -0.2) is 0 Å². The van der Waals surface area contributed by atoms with Crippen LogP contribution in [0.15, 0.2) is 42.6 Å². The lowest BCUT2D eigenvalue weighted by Gasteiger charge is -2.24. The molecule has 2 nitrogen and oxygen atoms in total. The summed E-state index contributed by atoms with van der Waals surface area (Å²) < 4.78 is 5.82. The zero-order valence-corrected chi connectivity index (χ0v) is 10.3. The van der Waals surface area contributed by atoms with Crippen LogP contribution in [0.25, 0.3) is 5.57 Å². The minimum atomic E-state index is 0.548. The van der Waals surface area contributed by atoms with Crippen LogP contribution in [0.3, 0.4) is 0 Å². The third-order valence-electron chi connectivity index (χ3n) is 3.17. The largest absolute Gasteiger partial charge is 0.488 e. The van der Waals surface area contributed by atoms with Crippen molar-refractivity contribution in [3.05, 3.63) is 59.3 Å². The normalized spacial score (nSPS) is 18.9. The van der Waals surface area contributed by atoms with Gasteiger partial charge < -0.3 is 10.5 Å². The lowest BCUT2D eigenvalue weighted by molar-refractivity contribution is 0.346. The Bertz CT molecular complexity index is 524. The van der Waals surface area contributed by atoms with E-state index in [2.05, 4.69) is 32.6 Å². The Morgan fingerprint density at radius 2 is 2.12 bits per heavy atom. The molecule has 1 aliphatic heterocycles. The van der Waals surface area contributed by atoms with Crippen molar-refractivity contribution in [2.75, 3.05) is 6.61 Å². The second-order valence-electron chi connectivity index (χ2n) is 4.18. The highest BCUT2D eigenvalue weighted by atomic mass is 16.5. The van der Waals surface area contributed by atoms with E-state index in [0.717, 1.165) is 22.5 Å². The predicted octanol–water partition coefficient (Wildman–Crippen LogP) is 3.11. The minimum Gasteiger partial charge on any atom is -0.488 e. The molecule has 2 heteroatoms. The maximum absolute atomic E-state index is 5.82. The molecule has 0 saturated heterocycles. The van der Waals surface area contributed by atoms with E-state index in [1.54, 1.807) is 12.3 Å². The molecular weight excluding hydrogens is 210 g/mol. The number of benzene rings is 1. The Morgan fingerprint density at radius 1 is 1.35 bits per heavy atom. The molecule has 0 aromatic heterocycles. The number of hydrogen-bond donors (Lipinski definition) is 1. The number of aryl methyl sites for hydroxylation is 1. The van der Waals surface area contributed by atoms with Crippen LogP contribution >= 0.6 is 0 Å². The molecule has 88 valence electrons. The molecule has 0 spiro atoms. The van der Waals surface area contributed by atoms with Gasteiger partial charge in [0.15, 0.2) is 0 Å². The quantitative estimate of drug-likeness (QED) is 0.800. The van der Waals surface area contributed by atoms with E-state index in [4.69, 9.17) is 10.5 Å². The monoisotopic (exact) mass is 227 g/mol. The average Bonchev–Trinajstić information content (AvgIpc) is 2.34. The minimum absolute atomic E-state index is 0.548. The van der Waals surface area contributed by atoms with Crippen molar-refractivity contribution in [3.8, 4) is 5.75 Å². The molecule has 1 heterocycles. The zero-order chi connectivity index (χ0) is 12.4. The highest BCUT2D eigenvalue weighted by Crippen LogP contribution is 2.38. The summed E-state index contributed by atoms with van der Waals surface area (Å²) >= 11 is 0. The van der Waals surface area contributed by atoms with E-state index in [1.807, 2.05) is 6.08 Å². The van der Waals surface area contributed by atoms with Crippen molar-refractivity contribution in [1.82, 2.24) is 0 Å². The standard InChI is InChI=1S/C15H17NO/c1-4-5-12-9-17-15-11(3)10(2)6-7-13(15)14(12)8-16/h4-8H,1,9,16H2,2-3H3/b12-5-,14-8+.